The van der Waals surface area contributed by atoms with Gasteiger partial charge in [-0.2, -0.15) is 0 Å². The molecular weight excluding hydrogens is 360 g/mol. The molecule has 7 heteroatoms. The summed E-state index contributed by atoms with van der Waals surface area (Å²) in [6, 6.07) is 9.69. The minimum atomic E-state index is -0.987. The first-order valence-corrected chi connectivity index (χ1v) is 9.10. The van der Waals surface area contributed by atoms with Crippen molar-refractivity contribution in [1.29, 1.82) is 0 Å². The van der Waals surface area contributed by atoms with Gasteiger partial charge < -0.3 is 9.64 Å². The fraction of sp³-hybridized carbons (Fsp3) is 0.333. The molecule has 0 spiro atoms. The van der Waals surface area contributed by atoms with Crippen LogP contribution < -0.4 is 4.90 Å². The monoisotopic (exact) mass is 382 g/mol. The van der Waals surface area contributed by atoms with Gasteiger partial charge in [0.2, 0.25) is 5.78 Å². The van der Waals surface area contributed by atoms with Crippen LogP contribution in [0.3, 0.4) is 0 Å². The molecule has 1 aliphatic rings. The summed E-state index contributed by atoms with van der Waals surface area (Å²) in [5.74, 6) is -1.06. The molecule has 0 amide bonds. The van der Waals surface area contributed by atoms with Crippen molar-refractivity contribution in [3.05, 3.63) is 68.8 Å². The molecule has 3 rings (SSSR count). The lowest BCUT2D eigenvalue weighted by molar-refractivity contribution is -0.384. The summed E-state index contributed by atoms with van der Waals surface area (Å²) in [7, 11) is 3.36. The molecule has 0 unspecified atom stereocenters. The van der Waals surface area contributed by atoms with E-state index in [9.17, 15) is 19.7 Å². The predicted octanol–water partition coefficient (Wildman–Crippen LogP) is 3.58. The van der Waals surface area contributed by atoms with E-state index in [4.69, 9.17) is 4.74 Å². The summed E-state index contributed by atoms with van der Waals surface area (Å²) < 4.78 is 5.28. The van der Waals surface area contributed by atoms with E-state index < -0.39 is 17.0 Å². The average molecular weight is 382 g/mol. The van der Waals surface area contributed by atoms with Crippen LogP contribution in [-0.4, -0.2) is 36.9 Å². The Bertz CT molecular complexity index is 952. The Labute approximate surface area is 163 Å². The molecule has 0 heterocycles. The van der Waals surface area contributed by atoms with Gasteiger partial charge in [-0.3, -0.25) is 14.9 Å². The van der Waals surface area contributed by atoms with Crippen LogP contribution in [-0.2, 0) is 17.6 Å². The quantitative estimate of drug-likeness (QED) is 0.328. The molecule has 2 aromatic rings. The normalized spacial score (nSPS) is 13.5. The number of Topliss-reactive ketones (excluding diaryl/α,β-unsaturated/α-hetero) is 1. The highest BCUT2D eigenvalue weighted by molar-refractivity contribution is 6.01. The van der Waals surface area contributed by atoms with Crippen molar-refractivity contribution in [2.24, 2.45) is 0 Å². The van der Waals surface area contributed by atoms with Gasteiger partial charge in [0.05, 0.1) is 10.5 Å². The Balaban J connectivity index is 1.76. The third-order valence-corrected chi connectivity index (χ3v) is 4.93. The van der Waals surface area contributed by atoms with Crippen LogP contribution in [0.1, 0.15) is 45.2 Å². The van der Waals surface area contributed by atoms with E-state index >= 15 is 0 Å². The molecule has 2 aromatic carbocycles. The molecule has 1 aliphatic carbocycles. The number of nitro benzene ring substituents is 1. The van der Waals surface area contributed by atoms with Crippen molar-refractivity contribution in [3.8, 4) is 0 Å². The average Bonchev–Trinajstić information content (AvgIpc) is 3.14. The number of carbonyl (C=O) groups is 2. The van der Waals surface area contributed by atoms with E-state index in [2.05, 4.69) is 0 Å². The van der Waals surface area contributed by atoms with Crippen molar-refractivity contribution in [1.82, 2.24) is 0 Å². The third kappa shape index (κ3) is 3.88. The predicted molar refractivity (Wildman–Crippen MR) is 105 cm³/mol. The third-order valence-electron chi connectivity index (χ3n) is 4.93. The number of nitrogens with zero attached hydrogens (tertiary/aromatic N) is 2. The first kappa shape index (κ1) is 19.5. The van der Waals surface area contributed by atoms with Gasteiger partial charge >= 0.3 is 5.97 Å². The second kappa shape index (κ2) is 7.80. The van der Waals surface area contributed by atoms with Crippen molar-refractivity contribution < 1.29 is 19.2 Å². The number of hydrogen-bond acceptors (Lipinski definition) is 6. The Kier molecular flexibility index (Phi) is 5.44. The Morgan fingerprint density at radius 3 is 2.43 bits per heavy atom. The van der Waals surface area contributed by atoms with E-state index in [1.165, 1.54) is 36.2 Å². The zero-order valence-corrected chi connectivity index (χ0v) is 16.1. The highest BCUT2D eigenvalue weighted by Crippen LogP contribution is 2.28. The molecule has 0 fully saturated rings. The highest BCUT2D eigenvalue weighted by Gasteiger charge is 2.24. The molecule has 28 heavy (non-hydrogen) atoms. The number of anilines is 1. The molecule has 0 aromatic heterocycles. The summed E-state index contributed by atoms with van der Waals surface area (Å²) in [5.41, 5.74) is 3.15. The molecule has 0 N–H and O–H groups in total. The van der Waals surface area contributed by atoms with Crippen LogP contribution in [0.15, 0.2) is 36.4 Å². The second-order valence-corrected chi connectivity index (χ2v) is 7.10. The van der Waals surface area contributed by atoms with Gasteiger partial charge in [-0.25, -0.2) is 4.79 Å². The summed E-state index contributed by atoms with van der Waals surface area (Å²) in [6.45, 7) is 1.51. The molecule has 0 radical (unpaired) electrons. The largest absolute Gasteiger partial charge is 0.451 e. The number of hydrogen-bond donors (Lipinski definition) is 0. The summed E-state index contributed by atoms with van der Waals surface area (Å²) in [4.78, 5) is 37.4. The van der Waals surface area contributed by atoms with Crippen LogP contribution in [0.2, 0.25) is 0 Å². The first-order valence-electron chi connectivity index (χ1n) is 9.10. The number of nitro groups is 1. The SMILES string of the molecule is C[C@@H](OC(=O)c1ccc(N(C)C)c([N+](=O)[O-])c1)C(=O)c1ccc2c(c1)CCC2. The van der Waals surface area contributed by atoms with E-state index in [0.29, 0.717) is 11.3 Å². The Morgan fingerprint density at radius 2 is 1.75 bits per heavy atom. The zero-order valence-electron chi connectivity index (χ0n) is 16.1. The summed E-state index contributed by atoms with van der Waals surface area (Å²) in [5, 5.41) is 11.3. The van der Waals surface area contributed by atoms with Gasteiger partial charge in [-0.1, -0.05) is 12.1 Å². The van der Waals surface area contributed by atoms with Crippen LogP contribution in [0.5, 0.6) is 0 Å². The van der Waals surface area contributed by atoms with Gasteiger partial charge in [0.15, 0.2) is 6.10 Å². The number of ether oxygens (including phenoxy) is 1. The number of fused-ring (bicyclic) bond motifs is 1. The fourth-order valence-electron chi connectivity index (χ4n) is 3.42. The standard InChI is InChI=1S/C21H22N2O5/c1-13(20(24)16-8-7-14-5-4-6-15(14)11-16)28-21(25)17-9-10-18(22(2)3)19(12-17)23(26)27/h7-13H,4-6H2,1-3H3/t13-/m1/s1. The molecule has 1 atom stereocenters. The number of aryl methyl sites for hydroxylation is 2. The maximum Gasteiger partial charge on any atom is 0.339 e. The van der Waals surface area contributed by atoms with Crippen molar-refractivity contribution in [2.45, 2.75) is 32.3 Å². The summed E-state index contributed by atoms with van der Waals surface area (Å²) >= 11 is 0. The number of rotatable bonds is 6. The lowest BCUT2D eigenvalue weighted by Crippen LogP contribution is -2.24. The number of esters is 1. The van der Waals surface area contributed by atoms with E-state index in [1.54, 1.807) is 25.1 Å². The molecule has 0 bridgehead atoms. The molecule has 0 aliphatic heterocycles. The first-order chi connectivity index (χ1) is 13.3. The Morgan fingerprint density at radius 1 is 1.07 bits per heavy atom. The van der Waals surface area contributed by atoms with Crippen LogP contribution in [0, 0.1) is 10.1 Å². The molecule has 0 saturated carbocycles. The Hall–Kier alpha value is -3.22. The van der Waals surface area contributed by atoms with Gasteiger partial charge in [0.1, 0.15) is 5.69 Å². The lowest BCUT2D eigenvalue weighted by Gasteiger charge is -2.15. The van der Waals surface area contributed by atoms with E-state index in [-0.39, 0.29) is 17.0 Å². The smallest absolute Gasteiger partial charge is 0.339 e. The van der Waals surface area contributed by atoms with Crippen molar-refractivity contribution in [3.63, 3.8) is 0 Å². The van der Waals surface area contributed by atoms with Crippen molar-refractivity contribution in [2.75, 3.05) is 19.0 Å². The van der Waals surface area contributed by atoms with Gasteiger partial charge in [-0.15, -0.1) is 0 Å². The molecular formula is C21H22N2O5. The minimum absolute atomic E-state index is 0.0332. The molecule has 0 saturated heterocycles. The maximum atomic E-state index is 12.6. The van der Waals surface area contributed by atoms with Crippen molar-refractivity contribution >= 4 is 23.1 Å². The lowest BCUT2D eigenvalue weighted by atomic mass is 10.0. The maximum absolute atomic E-state index is 12.6. The number of carbonyl (C=O) groups excluding carboxylic acids is 2. The van der Waals surface area contributed by atoms with E-state index in [1.807, 2.05) is 12.1 Å². The van der Waals surface area contributed by atoms with Gasteiger partial charge in [0.25, 0.3) is 5.69 Å². The van der Waals surface area contributed by atoms with Gasteiger partial charge in [0, 0.05) is 25.7 Å². The van der Waals surface area contributed by atoms with E-state index in [0.717, 1.165) is 19.3 Å². The van der Waals surface area contributed by atoms with Crippen LogP contribution in [0.25, 0.3) is 0 Å². The summed E-state index contributed by atoms with van der Waals surface area (Å²) in [6.07, 6.45) is 2.07. The molecule has 7 nitrogen and oxygen atoms in total. The zero-order chi connectivity index (χ0) is 20.4. The fourth-order valence-corrected chi connectivity index (χ4v) is 3.42. The van der Waals surface area contributed by atoms with Crippen LogP contribution in [0.4, 0.5) is 11.4 Å². The number of ketones is 1. The number of benzene rings is 2. The molecule has 146 valence electrons. The second-order valence-electron chi connectivity index (χ2n) is 7.10. The minimum Gasteiger partial charge on any atom is -0.451 e. The topological polar surface area (TPSA) is 89.8 Å². The van der Waals surface area contributed by atoms with Crippen LogP contribution >= 0.6 is 0 Å². The van der Waals surface area contributed by atoms with Gasteiger partial charge in [-0.05, 0) is 55.5 Å². The highest BCUT2D eigenvalue weighted by atomic mass is 16.6.